The van der Waals surface area contributed by atoms with Crippen molar-refractivity contribution in [3.8, 4) is 6.07 Å². The summed E-state index contributed by atoms with van der Waals surface area (Å²) in [5, 5.41) is 8.87. The Bertz CT molecular complexity index is 721. The van der Waals surface area contributed by atoms with E-state index in [1.54, 1.807) is 6.20 Å². The Balaban J connectivity index is 1.64. The molecular formula is C18H22N6. The molecule has 1 aliphatic rings. The first-order valence-electron chi connectivity index (χ1n) is 8.23. The minimum Gasteiger partial charge on any atom is -0.357 e. The number of hydrogen-bond donors (Lipinski definition) is 0. The van der Waals surface area contributed by atoms with Crippen molar-refractivity contribution in [1.82, 2.24) is 15.0 Å². The molecule has 1 fully saturated rings. The summed E-state index contributed by atoms with van der Waals surface area (Å²) in [6.45, 7) is 5.89. The molecule has 124 valence electrons. The molecule has 0 bridgehead atoms. The van der Waals surface area contributed by atoms with Gasteiger partial charge in [0.2, 0.25) is 0 Å². The van der Waals surface area contributed by atoms with Crippen LogP contribution in [0, 0.1) is 25.2 Å². The summed E-state index contributed by atoms with van der Waals surface area (Å²) in [6.07, 6.45) is 3.74. The molecule has 3 heterocycles. The number of aryl methyl sites for hydroxylation is 2. The molecule has 2 aromatic heterocycles. The third-order valence-corrected chi connectivity index (χ3v) is 4.53. The normalized spacial score (nSPS) is 15.2. The van der Waals surface area contributed by atoms with Crippen molar-refractivity contribution in [3.63, 3.8) is 0 Å². The second kappa shape index (κ2) is 6.83. The van der Waals surface area contributed by atoms with Crippen molar-refractivity contribution in [2.24, 2.45) is 0 Å². The third-order valence-electron chi connectivity index (χ3n) is 4.53. The smallest absolute Gasteiger partial charge is 0.132 e. The summed E-state index contributed by atoms with van der Waals surface area (Å²) in [4.78, 5) is 17.9. The number of pyridine rings is 1. The number of nitriles is 1. The average molecular weight is 322 g/mol. The minimum absolute atomic E-state index is 0.450. The van der Waals surface area contributed by atoms with Crippen LogP contribution in [0.4, 0.5) is 11.6 Å². The van der Waals surface area contributed by atoms with Crippen LogP contribution in [-0.2, 0) is 0 Å². The lowest BCUT2D eigenvalue weighted by Gasteiger charge is -2.37. The van der Waals surface area contributed by atoms with E-state index < -0.39 is 0 Å². The van der Waals surface area contributed by atoms with Gasteiger partial charge in [0.25, 0.3) is 0 Å². The molecule has 0 aromatic carbocycles. The van der Waals surface area contributed by atoms with Crippen LogP contribution < -0.4 is 9.80 Å². The van der Waals surface area contributed by atoms with Gasteiger partial charge in [-0.2, -0.15) is 5.26 Å². The fourth-order valence-electron chi connectivity index (χ4n) is 3.19. The molecule has 0 saturated carbocycles. The highest BCUT2D eigenvalue weighted by Gasteiger charge is 2.24. The molecule has 0 amide bonds. The largest absolute Gasteiger partial charge is 0.357 e. The number of nitrogens with zero attached hydrogens (tertiary/aromatic N) is 6. The van der Waals surface area contributed by atoms with Crippen LogP contribution in [0.5, 0.6) is 0 Å². The van der Waals surface area contributed by atoms with Gasteiger partial charge in [-0.05, 0) is 38.8 Å². The zero-order chi connectivity index (χ0) is 17.1. The van der Waals surface area contributed by atoms with Gasteiger partial charge in [0.15, 0.2) is 0 Å². The third kappa shape index (κ3) is 3.46. The Morgan fingerprint density at radius 3 is 2.54 bits per heavy atom. The predicted octanol–water partition coefficient (Wildman–Crippen LogP) is 2.47. The molecule has 0 radical (unpaired) electrons. The summed E-state index contributed by atoms with van der Waals surface area (Å²) in [5.74, 6) is 2.77. The highest BCUT2D eigenvalue weighted by atomic mass is 15.2. The molecule has 0 unspecified atom stereocenters. The van der Waals surface area contributed by atoms with E-state index in [0.717, 1.165) is 49.1 Å². The number of aromatic nitrogens is 3. The molecule has 0 aliphatic carbocycles. The van der Waals surface area contributed by atoms with Gasteiger partial charge < -0.3 is 9.80 Å². The van der Waals surface area contributed by atoms with Gasteiger partial charge in [0, 0.05) is 44.1 Å². The highest BCUT2D eigenvalue weighted by molar-refractivity contribution is 5.44. The first kappa shape index (κ1) is 16.2. The van der Waals surface area contributed by atoms with Gasteiger partial charge in [-0.15, -0.1) is 0 Å². The van der Waals surface area contributed by atoms with Crippen LogP contribution in [0.1, 0.15) is 29.9 Å². The monoisotopic (exact) mass is 322 g/mol. The lowest BCUT2D eigenvalue weighted by atomic mass is 10.0. The summed E-state index contributed by atoms with van der Waals surface area (Å²) >= 11 is 0. The zero-order valence-corrected chi connectivity index (χ0v) is 14.4. The average Bonchev–Trinajstić information content (AvgIpc) is 2.60. The predicted molar refractivity (Wildman–Crippen MR) is 94.1 cm³/mol. The summed E-state index contributed by atoms with van der Waals surface area (Å²) in [6, 6.07) is 8.35. The number of rotatable bonds is 3. The fourth-order valence-corrected chi connectivity index (χ4v) is 3.19. The lowest BCUT2D eigenvalue weighted by Crippen LogP contribution is -2.44. The lowest BCUT2D eigenvalue weighted by molar-refractivity contribution is 0.477. The standard InChI is InChI=1S/C18H22N6/c1-13-10-18(22-14(2)21-13)24-8-6-16(7-9-24)23(3)17-5-4-15(11-19)12-20-17/h4-5,10,12,16H,6-9H2,1-3H3. The second-order valence-corrected chi connectivity index (χ2v) is 6.26. The molecule has 1 saturated heterocycles. The van der Waals surface area contributed by atoms with Crippen LogP contribution in [0.15, 0.2) is 24.4 Å². The number of hydrogen-bond acceptors (Lipinski definition) is 6. The zero-order valence-electron chi connectivity index (χ0n) is 14.4. The van der Waals surface area contributed by atoms with Crippen LogP contribution >= 0.6 is 0 Å². The topological polar surface area (TPSA) is 68.9 Å². The first-order valence-corrected chi connectivity index (χ1v) is 8.23. The molecule has 0 atom stereocenters. The first-order chi connectivity index (χ1) is 11.6. The molecule has 6 nitrogen and oxygen atoms in total. The number of piperidine rings is 1. The fraction of sp³-hybridized carbons (Fsp3) is 0.444. The quantitative estimate of drug-likeness (QED) is 0.864. The van der Waals surface area contributed by atoms with Gasteiger partial charge in [-0.3, -0.25) is 0 Å². The summed E-state index contributed by atoms with van der Waals surface area (Å²) in [5.41, 5.74) is 1.61. The van der Waals surface area contributed by atoms with Crippen molar-refractivity contribution in [2.75, 3.05) is 29.9 Å². The second-order valence-electron chi connectivity index (χ2n) is 6.26. The van der Waals surface area contributed by atoms with Crippen molar-refractivity contribution >= 4 is 11.6 Å². The Hall–Kier alpha value is -2.68. The van der Waals surface area contributed by atoms with Gasteiger partial charge in [0.1, 0.15) is 23.5 Å². The Labute approximate surface area is 142 Å². The van der Waals surface area contributed by atoms with Crippen LogP contribution in [0.2, 0.25) is 0 Å². The van der Waals surface area contributed by atoms with E-state index in [9.17, 15) is 0 Å². The van der Waals surface area contributed by atoms with Gasteiger partial charge in [-0.1, -0.05) is 0 Å². The van der Waals surface area contributed by atoms with Gasteiger partial charge in [0.05, 0.1) is 5.56 Å². The Morgan fingerprint density at radius 1 is 1.21 bits per heavy atom. The Kier molecular flexibility index (Phi) is 4.61. The molecule has 2 aromatic rings. The maximum Gasteiger partial charge on any atom is 0.132 e. The maximum atomic E-state index is 8.87. The SMILES string of the molecule is Cc1cc(N2CCC(N(C)c3ccc(C#N)cn3)CC2)nc(C)n1. The molecule has 6 heteroatoms. The molecule has 3 rings (SSSR count). The van der Waals surface area contributed by atoms with E-state index in [4.69, 9.17) is 5.26 Å². The summed E-state index contributed by atoms with van der Waals surface area (Å²) < 4.78 is 0. The van der Waals surface area contributed by atoms with Crippen LogP contribution in [0.3, 0.4) is 0 Å². The summed E-state index contributed by atoms with van der Waals surface area (Å²) in [7, 11) is 2.08. The molecule has 0 N–H and O–H groups in total. The van der Waals surface area contributed by atoms with Crippen molar-refractivity contribution < 1.29 is 0 Å². The highest BCUT2D eigenvalue weighted by Crippen LogP contribution is 2.23. The van der Waals surface area contributed by atoms with E-state index in [2.05, 4.69) is 43.9 Å². The van der Waals surface area contributed by atoms with E-state index in [0.29, 0.717) is 11.6 Å². The Morgan fingerprint density at radius 2 is 1.96 bits per heavy atom. The minimum atomic E-state index is 0.450. The maximum absolute atomic E-state index is 8.87. The number of anilines is 2. The molecule has 24 heavy (non-hydrogen) atoms. The van der Waals surface area contributed by atoms with Gasteiger partial charge >= 0.3 is 0 Å². The van der Waals surface area contributed by atoms with E-state index in [1.807, 2.05) is 26.0 Å². The van der Waals surface area contributed by atoms with Crippen molar-refractivity contribution in [2.45, 2.75) is 32.7 Å². The van der Waals surface area contributed by atoms with E-state index in [-0.39, 0.29) is 0 Å². The van der Waals surface area contributed by atoms with Gasteiger partial charge in [-0.25, -0.2) is 15.0 Å². The van der Waals surface area contributed by atoms with E-state index in [1.165, 1.54) is 0 Å². The molecular weight excluding hydrogens is 300 g/mol. The van der Waals surface area contributed by atoms with Crippen molar-refractivity contribution in [3.05, 3.63) is 41.5 Å². The van der Waals surface area contributed by atoms with Crippen LogP contribution in [-0.4, -0.2) is 41.1 Å². The van der Waals surface area contributed by atoms with E-state index >= 15 is 0 Å². The molecule has 1 aliphatic heterocycles. The molecule has 0 spiro atoms. The van der Waals surface area contributed by atoms with Crippen LogP contribution in [0.25, 0.3) is 0 Å². The van der Waals surface area contributed by atoms with Crippen molar-refractivity contribution in [1.29, 1.82) is 5.26 Å².